The zero-order valence-corrected chi connectivity index (χ0v) is 47.8. The molecule has 13 N–H and O–H groups in total. The number of aliphatic carboxylic acids is 1. The maximum atomic E-state index is 14.1. The van der Waals surface area contributed by atoms with Crippen LogP contribution in [0.5, 0.6) is 0 Å². The Hall–Kier alpha value is -2.71. The summed E-state index contributed by atoms with van der Waals surface area (Å²) in [6.45, 7) is 13.5. The summed E-state index contributed by atoms with van der Waals surface area (Å²) in [6.07, 6.45) is -28.9. The van der Waals surface area contributed by atoms with Crippen molar-refractivity contribution in [1.82, 2.24) is 0 Å². The van der Waals surface area contributed by atoms with Gasteiger partial charge in [0.2, 0.25) is 0 Å². The second-order valence-corrected chi connectivity index (χ2v) is 26.7. The first-order valence-electron chi connectivity index (χ1n) is 28.8. The Kier molecular flexibility index (Phi) is 18.2. The minimum atomic E-state index is -2.26. The highest BCUT2D eigenvalue weighted by Crippen LogP contribution is 2.76. The number of carbonyl (C=O) groups excluding carboxylic acids is 2. The number of hydrogen-bond acceptors (Lipinski definition) is 24. The highest BCUT2D eigenvalue weighted by molar-refractivity contribution is 5.87. The van der Waals surface area contributed by atoms with Crippen LogP contribution in [-0.2, 0) is 57.0 Å². The van der Waals surface area contributed by atoms with Crippen LogP contribution >= 0.6 is 0 Å². The molecule has 5 aliphatic carbocycles. The summed E-state index contributed by atoms with van der Waals surface area (Å²) >= 11 is 0. The van der Waals surface area contributed by atoms with E-state index in [1.54, 1.807) is 26.8 Å². The van der Waals surface area contributed by atoms with Gasteiger partial charge in [-0.3, -0.25) is 0 Å². The highest BCUT2D eigenvalue weighted by atomic mass is 16.8. The second kappa shape index (κ2) is 23.4. The van der Waals surface area contributed by atoms with Gasteiger partial charge >= 0.3 is 11.9 Å². The average Bonchev–Trinajstić information content (AvgIpc) is 0.800. The minimum absolute atomic E-state index is 0.0883. The van der Waals surface area contributed by atoms with Crippen LogP contribution in [0.2, 0.25) is 0 Å². The molecule has 0 aromatic heterocycles. The third-order valence-electron chi connectivity index (χ3n) is 21.7. The predicted molar refractivity (Wildman–Crippen MR) is 278 cm³/mol. The number of ether oxygens (including phenoxy) is 9. The third kappa shape index (κ3) is 10.4. The molecule has 4 saturated carbocycles. The Bertz CT molecular complexity index is 2390. The van der Waals surface area contributed by atoms with Gasteiger partial charge in [0.1, 0.15) is 91.7 Å². The van der Waals surface area contributed by atoms with Gasteiger partial charge in [-0.15, -0.1) is 0 Å². The molecule has 0 bridgehead atoms. The summed E-state index contributed by atoms with van der Waals surface area (Å²) in [5.41, 5.74) is -3.05. The van der Waals surface area contributed by atoms with E-state index >= 15 is 0 Å². The summed E-state index contributed by atoms with van der Waals surface area (Å²) in [7, 11) is 0. The molecule has 4 aliphatic heterocycles. The number of carboxylic acid groups (broad SMARTS) is 1. The largest absolute Gasteiger partial charge is 0.479 e. The van der Waals surface area contributed by atoms with Crippen LogP contribution in [0.15, 0.2) is 23.3 Å². The molecule has 0 radical (unpaired) electrons. The molecule has 9 aliphatic rings. The Morgan fingerprint density at radius 3 is 1.94 bits per heavy atom. The van der Waals surface area contributed by atoms with E-state index in [2.05, 4.69) is 40.7 Å². The molecule has 4 heterocycles. The lowest BCUT2D eigenvalue weighted by Crippen LogP contribution is -2.70. The molecule has 466 valence electrons. The Morgan fingerprint density at radius 2 is 1.30 bits per heavy atom. The fraction of sp³-hybridized carbons (Fsp3) is 0.877. The van der Waals surface area contributed by atoms with Gasteiger partial charge in [0.15, 0.2) is 31.3 Å². The predicted octanol–water partition coefficient (Wildman–Crippen LogP) is -1.55. The molecule has 25 nitrogen and oxygen atoms in total. The normalized spacial score (nSPS) is 52.2. The molecule has 8 fully saturated rings. The summed E-state index contributed by atoms with van der Waals surface area (Å²) in [4.78, 5) is 40.7. The first kappa shape index (κ1) is 63.8. The quantitative estimate of drug-likeness (QED) is 0.0308. The monoisotopic (exact) mass is 1170 g/mol. The van der Waals surface area contributed by atoms with E-state index in [-0.39, 0.29) is 30.1 Å². The van der Waals surface area contributed by atoms with E-state index in [0.717, 1.165) is 11.9 Å². The topological polar surface area (TPSA) is 397 Å². The van der Waals surface area contributed by atoms with Gasteiger partial charge in [-0.1, -0.05) is 59.3 Å². The van der Waals surface area contributed by atoms with Crippen LogP contribution in [0.4, 0.5) is 0 Å². The van der Waals surface area contributed by atoms with Gasteiger partial charge < -0.3 is 114 Å². The smallest absolute Gasteiger partial charge is 0.335 e. The Morgan fingerprint density at radius 1 is 0.671 bits per heavy atom. The molecule has 0 spiro atoms. The first-order chi connectivity index (χ1) is 38.4. The van der Waals surface area contributed by atoms with E-state index in [1.165, 1.54) is 0 Å². The molecule has 0 aromatic carbocycles. The van der Waals surface area contributed by atoms with Gasteiger partial charge in [-0.05, 0) is 105 Å². The molecule has 82 heavy (non-hydrogen) atoms. The summed E-state index contributed by atoms with van der Waals surface area (Å²) in [6, 6.07) is 0. The van der Waals surface area contributed by atoms with Crippen molar-refractivity contribution >= 4 is 18.2 Å². The van der Waals surface area contributed by atoms with Gasteiger partial charge in [0.05, 0.1) is 49.5 Å². The van der Waals surface area contributed by atoms with Crippen molar-refractivity contribution in [2.45, 2.75) is 236 Å². The number of carboxylic acids is 1. The van der Waals surface area contributed by atoms with Crippen molar-refractivity contribution in [2.75, 3.05) is 26.4 Å². The average molecular weight is 1170 g/mol. The summed E-state index contributed by atoms with van der Waals surface area (Å²) in [5.74, 6) is -3.08. The lowest BCUT2D eigenvalue weighted by molar-refractivity contribution is -0.398. The number of carbonyl (C=O) groups is 3. The fourth-order valence-electron chi connectivity index (χ4n) is 16.7. The number of aliphatic hydroxyl groups is 12. The molecule has 25 heteroatoms. The SMILES string of the molecule is CC=C(C)C(=O)OC1CC(C)(C)CC2C3=CCC4C5(C)CCC(OC6OC(C(=O)O)C(O)C(OC7OCC(O)C(O)C7OC7OCC(O)C(O)C7O)C6OC6OC(CO)C(O)C(O)C6O)C(C)(C=O)C5CCC4(C)C3(C)CC(O)C12CO. The van der Waals surface area contributed by atoms with Gasteiger partial charge in [-0.2, -0.15) is 0 Å². The second-order valence-electron chi connectivity index (χ2n) is 26.7. The molecular weight excluding hydrogens is 1080 g/mol. The Balaban J connectivity index is 1.04. The lowest BCUT2D eigenvalue weighted by Gasteiger charge is -2.72. The molecule has 0 amide bonds. The first-order valence-corrected chi connectivity index (χ1v) is 28.8. The number of esters is 1. The van der Waals surface area contributed by atoms with Crippen LogP contribution in [0.1, 0.15) is 107 Å². The van der Waals surface area contributed by atoms with Crippen molar-refractivity contribution in [3.63, 3.8) is 0 Å². The zero-order chi connectivity index (χ0) is 60.1. The van der Waals surface area contributed by atoms with Crippen molar-refractivity contribution < 1.29 is 123 Å². The molecule has 29 unspecified atom stereocenters. The minimum Gasteiger partial charge on any atom is -0.479 e. The standard InChI is InChI=1S/C57H88O25/c1-9-24(2)47(73)77-34-18-52(3,4)16-26-25-10-11-31-53(5)14-13-33(54(6,22-59)30(53)12-15-55(31,7)56(25,8)17-32(63)57(26,34)23-60)78-51-45(82-49-40(69)38(67)37(66)29(19-58)76-49)42(41(70)43(80-51)46(71)72)79-50-44(36(65)28(62)21-75-50)81-48-39(68)35(64)27(61)20-74-48/h9-10,22,26-45,48-51,58,60-70H,11-21,23H2,1-8H3,(H,71,72). The van der Waals surface area contributed by atoms with E-state index in [1.807, 2.05) is 0 Å². The fourth-order valence-corrected chi connectivity index (χ4v) is 16.7. The van der Waals surface area contributed by atoms with E-state index in [9.17, 15) is 80.8 Å². The van der Waals surface area contributed by atoms with E-state index in [0.29, 0.717) is 44.1 Å². The summed E-state index contributed by atoms with van der Waals surface area (Å²) < 4.78 is 54.4. The van der Waals surface area contributed by atoms with Crippen molar-refractivity contribution in [2.24, 2.45) is 50.2 Å². The van der Waals surface area contributed by atoms with Gasteiger partial charge in [0, 0.05) is 5.57 Å². The number of fused-ring (bicyclic) bond motifs is 7. The number of rotatable bonds is 14. The van der Waals surface area contributed by atoms with Crippen LogP contribution in [0.3, 0.4) is 0 Å². The lowest BCUT2D eigenvalue weighted by atomic mass is 9.33. The van der Waals surface area contributed by atoms with Crippen LogP contribution in [0, 0.1) is 50.2 Å². The maximum Gasteiger partial charge on any atom is 0.335 e. The molecule has 9 rings (SSSR count). The van der Waals surface area contributed by atoms with Crippen molar-refractivity contribution in [1.29, 1.82) is 0 Å². The molecule has 4 saturated heterocycles. The Labute approximate surface area is 476 Å². The summed E-state index contributed by atoms with van der Waals surface area (Å²) in [5, 5.41) is 143. The van der Waals surface area contributed by atoms with E-state index < -0.39 is 200 Å². The number of allylic oxidation sites excluding steroid dienone is 3. The van der Waals surface area contributed by atoms with Crippen molar-refractivity contribution in [3.8, 4) is 0 Å². The zero-order valence-electron chi connectivity index (χ0n) is 47.8. The maximum absolute atomic E-state index is 14.1. The number of hydrogen-bond donors (Lipinski definition) is 13. The van der Waals surface area contributed by atoms with E-state index in [4.69, 9.17) is 42.6 Å². The van der Waals surface area contributed by atoms with Gasteiger partial charge in [0.25, 0.3) is 0 Å². The molecule has 29 atom stereocenters. The molecular formula is C57H88O25. The third-order valence-corrected chi connectivity index (χ3v) is 21.7. The molecule has 0 aromatic rings. The van der Waals surface area contributed by atoms with Crippen LogP contribution in [-0.4, -0.2) is 240 Å². The van der Waals surface area contributed by atoms with Crippen molar-refractivity contribution in [3.05, 3.63) is 23.3 Å². The van der Waals surface area contributed by atoms with Crippen LogP contribution < -0.4 is 0 Å². The van der Waals surface area contributed by atoms with Crippen LogP contribution in [0.25, 0.3) is 0 Å². The highest BCUT2D eigenvalue weighted by Gasteiger charge is 2.73. The van der Waals surface area contributed by atoms with Gasteiger partial charge in [-0.25, -0.2) is 9.59 Å². The number of aldehydes is 1. The number of aliphatic hydroxyl groups excluding tert-OH is 12.